The predicted molar refractivity (Wildman–Crippen MR) is 101 cm³/mol. The zero-order chi connectivity index (χ0) is 19.3. The van der Waals surface area contributed by atoms with Crippen molar-refractivity contribution in [3.8, 4) is 0 Å². The summed E-state index contributed by atoms with van der Waals surface area (Å²) in [5, 5.41) is 3.53. The van der Waals surface area contributed by atoms with Crippen molar-refractivity contribution in [3.05, 3.63) is 71.2 Å². The lowest BCUT2D eigenvalue weighted by Crippen LogP contribution is -2.43. The highest BCUT2D eigenvalue weighted by Gasteiger charge is 2.66. The van der Waals surface area contributed by atoms with Crippen molar-refractivity contribution in [1.29, 1.82) is 0 Å². The fourth-order valence-corrected chi connectivity index (χ4v) is 4.75. The van der Waals surface area contributed by atoms with Gasteiger partial charge in [-0.2, -0.15) is 0 Å². The smallest absolute Gasteiger partial charge is 0.230 e. The topological polar surface area (TPSA) is 71.8 Å². The van der Waals surface area contributed by atoms with Crippen molar-refractivity contribution in [2.75, 3.05) is 6.54 Å². The lowest BCUT2D eigenvalue weighted by atomic mass is 9.77. The number of amides is 2. The van der Waals surface area contributed by atoms with Gasteiger partial charge in [0.05, 0.1) is 37.3 Å². The molecule has 2 bridgehead atoms. The van der Waals surface area contributed by atoms with E-state index in [-0.39, 0.29) is 17.9 Å². The van der Waals surface area contributed by atoms with Crippen molar-refractivity contribution < 1.29 is 18.7 Å². The van der Waals surface area contributed by atoms with Crippen molar-refractivity contribution in [2.24, 2.45) is 11.8 Å². The first-order valence-electron chi connectivity index (χ1n) is 9.27. The number of hydrogen-bond donors (Lipinski definition) is 1. The van der Waals surface area contributed by atoms with Crippen LogP contribution in [0.4, 0.5) is 0 Å². The van der Waals surface area contributed by atoms with Gasteiger partial charge in [-0.3, -0.25) is 9.59 Å². The highest BCUT2D eigenvalue weighted by Crippen LogP contribution is 2.52. The van der Waals surface area contributed by atoms with Gasteiger partial charge in [-0.15, -0.1) is 0 Å². The molecule has 2 saturated heterocycles. The Labute approximate surface area is 167 Å². The van der Waals surface area contributed by atoms with Crippen LogP contribution in [0.2, 0.25) is 5.02 Å². The number of rotatable bonds is 5. The molecule has 0 saturated carbocycles. The van der Waals surface area contributed by atoms with Gasteiger partial charge in [0, 0.05) is 11.6 Å². The third-order valence-electron chi connectivity index (χ3n) is 5.82. The number of fused-ring (bicyclic) bond motifs is 1. The first kappa shape index (κ1) is 17.5. The van der Waals surface area contributed by atoms with E-state index in [1.807, 2.05) is 36.4 Å². The number of carbonyl (C=O) groups is 2. The van der Waals surface area contributed by atoms with Gasteiger partial charge < -0.3 is 19.4 Å². The molecule has 1 aromatic heterocycles. The van der Waals surface area contributed by atoms with Crippen molar-refractivity contribution >= 4 is 23.4 Å². The molecule has 3 aliphatic heterocycles. The minimum atomic E-state index is -0.721. The number of nitrogens with one attached hydrogen (secondary N) is 1. The van der Waals surface area contributed by atoms with Crippen molar-refractivity contribution in [3.63, 3.8) is 0 Å². The van der Waals surface area contributed by atoms with Crippen LogP contribution in [0.1, 0.15) is 11.3 Å². The third kappa shape index (κ3) is 2.67. The highest BCUT2D eigenvalue weighted by atomic mass is 35.5. The molecular formula is C21H19ClN2O4. The Balaban J connectivity index is 1.33. The van der Waals surface area contributed by atoms with Crippen LogP contribution < -0.4 is 5.32 Å². The fourth-order valence-electron chi connectivity index (χ4n) is 4.54. The van der Waals surface area contributed by atoms with Gasteiger partial charge in [0.2, 0.25) is 11.8 Å². The summed E-state index contributed by atoms with van der Waals surface area (Å²) < 4.78 is 11.5. The maximum atomic E-state index is 13.1. The number of furan rings is 1. The Hall–Kier alpha value is -2.57. The molecule has 7 heteroatoms. The second kappa shape index (κ2) is 6.50. The minimum absolute atomic E-state index is 0.0684. The molecule has 3 aliphatic rings. The number of ether oxygens (including phenoxy) is 1. The van der Waals surface area contributed by atoms with E-state index in [1.54, 1.807) is 23.3 Å². The molecule has 6 nitrogen and oxygen atoms in total. The van der Waals surface area contributed by atoms with Gasteiger partial charge in [0.1, 0.15) is 11.4 Å². The van der Waals surface area contributed by atoms with Gasteiger partial charge in [0.15, 0.2) is 0 Å². The molecule has 0 radical (unpaired) electrons. The molecule has 2 fully saturated rings. The number of benzene rings is 1. The summed E-state index contributed by atoms with van der Waals surface area (Å²) in [6.45, 7) is 1.12. The zero-order valence-corrected chi connectivity index (χ0v) is 15.8. The van der Waals surface area contributed by atoms with E-state index in [4.69, 9.17) is 20.8 Å². The number of carbonyl (C=O) groups excluding carboxylic acids is 2. The number of nitrogens with zero attached hydrogens (tertiary/aromatic N) is 1. The normalized spacial score (nSPS) is 30.1. The van der Waals surface area contributed by atoms with Gasteiger partial charge in [-0.05, 0) is 23.8 Å². The molecule has 28 heavy (non-hydrogen) atoms. The van der Waals surface area contributed by atoms with E-state index >= 15 is 0 Å². The van der Waals surface area contributed by atoms with E-state index in [9.17, 15) is 9.59 Å². The largest absolute Gasteiger partial charge is 0.467 e. The molecule has 1 spiro atoms. The van der Waals surface area contributed by atoms with Gasteiger partial charge in [0.25, 0.3) is 0 Å². The van der Waals surface area contributed by atoms with Crippen molar-refractivity contribution in [2.45, 2.75) is 24.8 Å². The number of halogens is 1. The molecular weight excluding hydrogens is 380 g/mol. The average Bonchev–Trinajstić information content (AvgIpc) is 3.44. The van der Waals surface area contributed by atoms with Gasteiger partial charge in [-0.25, -0.2) is 0 Å². The number of hydrogen-bond acceptors (Lipinski definition) is 4. The SMILES string of the molecule is O=C(NCc1ccccc1Cl)[C@H]1[C@H]2C(=O)N(Cc3ccco3)C[C@]23C=C[C@H]1O3. The molecule has 2 aromatic rings. The summed E-state index contributed by atoms with van der Waals surface area (Å²) in [6, 6.07) is 11.0. The van der Waals surface area contributed by atoms with Gasteiger partial charge >= 0.3 is 0 Å². The predicted octanol–water partition coefficient (Wildman–Crippen LogP) is 2.53. The highest BCUT2D eigenvalue weighted by molar-refractivity contribution is 6.31. The first-order chi connectivity index (χ1) is 13.6. The second-order valence-corrected chi connectivity index (χ2v) is 7.89. The Kier molecular flexibility index (Phi) is 4.07. The standard InChI is InChI=1S/C21H19ClN2O4/c22-15-6-2-1-4-13(15)10-23-19(25)17-16-7-8-21(28-16)12-24(20(26)18(17)21)11-14-5-3-9-27-14/h1-9,16-18H,10-12H2,(H,23,25)/t16-,17-,18+,21-/m1/s1. The van der Waals surface area contributed by atoms with Crippen LogP contribution in [0.5, 0.6) is 0 Å². The Morgan fingerprint density at radius 2 is 2.14 bits per heavy atom. The maximum Gasteiger partial charge on any atom is 0.230 e. The van der Waals surface area contributed by atoms with Crippen LogP contribution in [0, 0.1) is 11.8 Å². The van der Waals surface area contributed by atoms with E-state index in [1.165, 1.54) is 0 Å². The first-order valence-corrected chi connectivity index (χ1v) is 9.65. The van der Waals surface area contributed by atoms with E-state index in [0.29, 0.717) is 30.4 Å². The zero-order valence-electron chi connectivity index (χ0n) is 15.0. The van der Waals surface area contributed by atoms with Gasteiger partial charge in [-0.1, -0.05) is 42.0 Å². The summed E-state index contributed by atoms with van der Waals surface area (Å²) in [5.74, 6) is -0.594. The molecule has 1 aromatic carbocycles. The Bertz CT molecular complexity index is 957. The van der Waals surface area contributed by atoms with Crippen molar-refractivity contribution in [1.82, 2.24) is 10.2 Å². The van der Waals surface area contributed by atoms with Crippen LogP contribution in [0.25, 0.3) is 0 Å². The van der Waals surface area contributed by atoms with E-state index in [0.717, 1.165) is 5.56 Å². The van der Waals surface area contributed by atoms with Crippen LogP contribution >= 0.6 is 11.6 Å². The van der Waals surface area contributed by atoms with Crippen LogP contribution in [-0.2, 0) is 27.4 Å². The third-order valence-corrected chi connectivity index (χ3v) is 6.19. The monoisotopic (exact) mass is 398 g/mol. The molecule has 1 N–H and O–H groups in total. The average molecular weight is 399 g/mol. The van der Waals surface area contributed by atoms with E-state index in [2.05, 4.69) is 5.32 Å². The maximum absolute atomic E-state index is 13.1. The molecule has 2 amide bonds. The van der Waals surface area contributed by atoms with E-state index < -0.39 is 17.4 Å². The Morgan fingerprint density at radius 1 is 1.29 bits per heavy atom. The lowest BCUT2D eigenvalue weighted by Gasteiger charge is -2.23. The quantitative estimate of drug-likeness (QED) is 0.785. The van der Waals surface area contributed by atoms with Crippen LogP contribution in [-0.4, -0.2) is 35.0 Å². The summed E-state index contributed by atoms with van der Waals surface area (Å²) in [6.07, 6.45) is 5.06. The second-order valence-electron chi connectivity index (χ2n) is 7.48. The Morgan fingerprint density at radius 3 is 2.93 bits per heavy atom. The summed E-state index contributed by atoms with van der Waals surface area (Å²) in [7, 11) is 0. The minimum Gasteiger partial charge on any atom is -0.467 e. The molecule has 0 unspecified atom stereocenters. The van der Waals surface area contributed by atoms with Crippen LogP contribution in [0.3, 0.4) is 0 Å². The summed E-state index contributed by atoms with van der Waals surface area (Å²) in [4.78, 5) is 27.8. The molecule has 4 heterocycles. The lowest BCUT2D eigenvalue weighted by molar-refractivity contribution is -0.138. The molecule has 4 atom stereocenters. The molecule has 5 rings (SSSR count). The van der Waals surface area contributed by atoms with Crippen LogP contribution in [0.15, 0.2) is 59.2 Å². The summed E-state index contributed by atoms with van der Waals surface area (Å²) >= 11 is 6.17. The number of likely N-dealkylation sites (tertiary alicyclic amines) is 1. The molecule has 144 valence electrons. The molecule has 0 aliphatic carbocycles. The fraction of sp³-hybridized carbons (Fsp3) is 0.333. The summed E-state index contributed by atoms with van der Waals surface area (Å²) in [5.41, 5.74) is 0.116.